The van der Waals surface area contributed by atoms with Gasteiger partial charge in [-0.05, 0) is 44.7 Å². The number of anilines is 1. The lowest BCUT2D eigenvalue weighted by atomic mass is 10.1. The van der Waals surface area contributed by atoms with Crippen LogP contribution in [0.15, 0.2) is 18.2 Å². The van der Waals surface area contributed by atoms with Crippen LogP contribution in [0.1, 0.15) is 25.0 Å². The molecule has 0 saturated heterocycles. The fourth-order valence-electron chi connectivity index (χ4n) is 1.92. The zero-order valence-corrected chi connectivity index (χ0v) is 10.9. The van der Waals surface area contributed by atoms with Gasteiger partial charge in [0.2, 0.25) is 0 Å². The van der Waals surface area contributed by atoms with E-state index in [1.807, 2.05) is 18.7 Å². The van der Waals surface area contributed by atoms with Crippen LogP contribution in [0.25, 0.3) is 0 Å². The van der Waals surface area contributed by atoms with Gasteiger partial charge in [0.25, 0.3) is 0 Å². The second kappa shape index (κ2) is 6.09. The molecule has 102 valence electrons. The summed E-state index contributed by atoms with van der Waals surface area (Å²) in [5, 5.41) is 2.88. The number of nitrogens with one attached hydrogen (secondary N) is 1. The predicted octanol–water partition coefficient (Wildman–Crippen LogP) is 3.27. The van der Waals surface area contributed by atoms with Crippen molar-refractivity contribution in [2.75, 3.05) is 25.0 Å². The van der Waals surface area contributed by atoms with Gasteiger partial charge in [-0.2, -0.15) is 13.2 Å². The minimum atomic E-state index is -4.30. The smallest absolute Gasteiger partial charge is 0.372 e. The van der Waals surface area contributed by atoms with Gasteiger partial charge >= 0.3 is 6.18 Å². The molecule has 0 atom stereocenters. The van der Waals surface area contributed by atoms with Gasteiger partial charge in [0.15, 0.2) is 0 Å². The second-order valence-electron chi connectivity index (χ2n) is 4.09. The van der Waals surface area contributed by atoms with E-state index in [4.69, 9.17) is 0 Å². The summed E-state index contributed by atoms with van der Waals surface area (Å²) < 4.78 is 38.5. The number of nitrogens with zero attached hydrogens (tertiary/aromatic N) is 1. The summed E-state index contributed by atoms with van der Waals surface area (Å²) in [4.78, 5) is 1.91. The highest BCUT2D eigenvalue weighted by Gasteiger charge is 2.31. The standard InChI is InChI=1S/C13H19F3N2/c1-4-18(5-2)12-7-10(9-17-3)6-11(8-12)13(14,15)16/h6-8,17H,4-5,9H2,1-3H3. The molecule has 0 amide bonds. The predicted molar refractivity (Wildman–Crippen MR) is 67.8 cm³/mol. The molecule has 1 N–H and O–H groups in total. The van der Waals surface area contributed by atoms with Crippen LogP contribution in [0.5, 0.6) is 0 Å². The highest BCUT2D eigenvalue weighted by atomic mass is 19.4. The minimum absolute atomic E-state index is 0.429. The molecule has 2 nitrogen and oxygen atoms in total. The Morgan fingerprint density at radius 1 is 1.11 bits per heavy atom. The first kappa shape index (κ1) is 14.8. The summed E-state index contributed by atoms with van der Waals surface area (Å²) in [7, 11) is 1.72. The SMILES string of the molecule is CCN(CC)c1cc(CNC)cc(C(F)(F)F)c1. The lowest BCUT2D eigenvalue weighted by molar-refractivity contribution is -0.137. The maximum atomic E-state index is 12.8. The fourth-order valence-corrected chi connectivity index (χ4v) is 1.92. The van der Waals surface area contributed by atoms with Gasteiger partial charge in [-0.15, -0.1) is 0 Å². The van der Waals surface area contributed by atoms with E-state index >= 15 is 0 Å². The Hall–Kier alpha value is -1.23. The van der Waals surface area contributed by atoms with E-state index in [0.717, 1.165) is 0 Å². The Bertz CT molecular complexity index is 384. The molecule has 0 bridgehead atoms. The van der Waals surface area contributed by atoms with Crippen molar-refractivity contribution in [3.05, 3.63) is 29.3 Å². The molecule has 0 aromatic heterocycles. The molecule has 18 heavy (non-hydrogen) atoms. The number of alkyl halides is 3. The van der Waals surface area contributed by atoms with Crippen molar-refractivity contribution in [3.8, 4) is 0 Å². The average Bonchev–Trinajstić information content (AvgIpc) is 2.29. The molecule has 1 aromatic carbocycles. The van der Waals surface area contributed by atoms with E-state index in [1.165, 1.54) is 12.1 Å². The van der Waals surface area contributed by atoms with Crippen LogP contribution in [-0.2, 0) is 12.7 Å². The van der Waals surface area contributed by atoms with Crippen molar-refractivity contribution in [1.82, 2.24) is 5.32 Å². The van der Waals surface area contributed by atoms with Gasteiger partial charge in [0.1, 0.15) is 0 Å². The molecule has 5 heteroatoms. The lowest BCUT2D eigenvalue weighted by Crippen LogP contribution is -2.23. The normalized spacial score (nSPS) is 11.7. The van der Waals surface area contributed by atoms with E-state index in [1.54, 1.807) is 13.1 Å². The summed E-state index contributed by atoms with van der Waals surface area (Å²) in [6.07, 6.45) is -4.30. The molecule has 0 aliphatic carbocycles. The molecular formula is C13H19F3N2. The van der Waals surface area contributed by atoms with E-state index in [2.05, 4.69) is 5.32 Å². The molecular weight excluding hydrogens is 241 g/mol. The van der Waals surface area contributed by atoms with Crippen LogP contribution < -0.4 is 10.2 Å². The number of halogens is 3. The summed E-state index contributed by atoms with van der Waals surface area (Å²) in [5.41, 5.74) is 0.687. The van der Waals surface area contributed by atoms with E-state index in [0.29, 0.717) is 30.9 Å². The van der Waals surface area contributed by atoms with Gasteiger partial charge in [-0.25, -0.2) is 0 Å². The summed E-state index contributed by atoms with van der Waals surface area (Å²) in [6, 6.07) is 4.22. The molecule has 0 fully saturated rings. The topological polar surface area (TPSA) is 15.3 Å². The van der Waals surface area contributed by atoms with Gasteiger partial charge < -0.3 is 10.2 Å². The highest BCUT2D eigenvalue weighted by Crippen LogP contribution is 2.33. The zero-order chi connectivity index (χ0) is 13.8. The van der Waals surface area contributed by atoms with Crippen LogP contribution in [-0.4, -0.2) is 20.1 Å². The van der Waals surface area contributed by atoms with Crippen LogP contribution in [0, 0.1) is 0 Å². The second-order valence-corrected chi connectivity index (χ2v) is 4.09. The highest BCUT2D eigenvalue weighted by molar-refractivity contribution is 5.52. The quantitative estimate of drug-likeness (QED) is 0.874. The van der Waals surface area contributed by atoms with Crippen molar-refractivity contribution >= 4 is 5.69 Å². The molecule has 0 spiro atoms. The largest absolute Gasteiger partial charge is 0.416 e. The Morgan fingerprint density at radius 3 is 2.17 bits per heavy atom. The van der Waals surface area contributed by atoms with E-state index in [-0.39, 0.29) is 0 Å². The summed E-state index contributed by atoms with van der Waals surface area (Å²) >= 11 is 0. The monoisotopic (exact) mass is 260 g/mol. The first-order valence-electron chi connectivity index (χ1n) is 6.03. The maximum absolute atomic E-state index is 12.8. The maximum Gasteiger partial charge on any atom is 0.416 e. The van der Waals surface area contributed by atoms with Gasteiger partial charge in [-0.1, -0.05) is 0 Å². The molecule has 1 rings (SSSR count). The average molecular weight is 260 g/mol. The molecule has 0 aliphatic rings. The summed E-state index contributed by atoms with van der Waals surface area (Å²) in [5.74, 6) is 0. The van der Waals surface area contributed by atoms with Crippen molar-refractivity contribution in [2.45, 2.75) is 26.6 Å². The lowest BCUT2D eigenvalue weighted by Gasteiger charge is -2.23. The molecule has 1 aromatic rings. The van der Waals surface area contributed by atoms with Gasteiger partial charge in [0, 0.05) is 25.3 Å². The van der Waals surface area contributed by atoms with Crippen LogP contribution in [0.2, 0.25) is 0 Å². The molecule has 0 saturated carbocycles. The number of hydrogen-bond acceptors (Lipinski definition) is 2. The van der Waals surface area contributed by atoms with Crippen LogP contribution in [0.4, 0.5) is 18.9 Å². The Balaban J connectivity index is 3.21. The Morgan fingerprint density at radius 2 is 1.72 bits per heavy atom. The third-order valence-corrected chi connectivity index (χ3v) is 2.81. The Kier molecular flexibility index (Phi) is 5.02. The van der Waals surface area contributed by atoms with Crippen molar-refractivity contribution in [3.63, 3.8) is 0 Å². The number of rotatable bonds is 5. The van der Waals surface area contributed by atoms with Crippen molar-refractivity contribution < 1.29 is 13.2 Å². The third-order valence-electron chi connectivity index (χ3n) is 2.81. The Labute approximate surface area is 106 Å². The minimum Gasteiger partial charge on any atom is -0.372 e. The summed E-state index contributed by atoms with van der Waals surface area (Å²) in [6.45, 7) is 5.68. The number of benzene rings is 1. The number of hydrogen-bond donors (Lipinski definition) is 1. The van der Waals surface area contributed by atoms with Crippen LogP contribution in [0.3, 0.4) is 0 Å². The first-order valence-corrected chi connectivity index (χ1v) is 6.03. The van der Waals surface area contributed by atoms with E-state index < -0.39 is 11.7 Å². The zero-order valence-electron chi connectivity index (χ0n) is 10.9. The molecule has 0 unspecified atom stereocenters. The van der Waals surface area contributed by atoms with Gasteiger partial charge in [-0.3, -0.25) is 0 Å². The van der Waals surface area contributed by atoms with E-state index in [9.17, 15) is 13.2 Å². The molecule has 0 aliphatic heterocycles. The van der Waals surface area contributed by atoms with Gasteiger partial charge in [0.05, 0.1) is 5.56 Å². The van der Waals surface area contributed by atoms with Crippen molar-refractivity contribution in [2.24, 2.45) is 0 Å². The molecule has 0 heterocycles. The fraction of sp³-hybridized carbons (Fsp3) is 0.538. The third kappa shape index (κ3) is 3.63. The first-order chi connectivity index (χ1) is 8.42. The van der Waals surface area contributed by atoms with Crippen molar-refractivity contribution in [1.29, 1.82) is 0 Å². The molecule has 0 radical (unpaired) electrons. The van der Waals surface area contributed by atoms with Crippen LogP contribution >= 0.6 is 0 Å².